The Bertz CT molecular complexity index is 1660. The van der Waals surface area contributed by atoms with Crippen molar-refractivity contribution >= 4 is 5.91 Å². The zero-order chi connectivity index (χ0) is 39.9. The third-order valence-electron chi connectivity index (χ3n) is 17.6. The van der Waals surface area contributed by atoms with Crippen LogP contribution >= 0.6 is 0 Å². The molecule has 12 nitrogen and oxygen atoms in total. The molecule has 320 valence electrons. The van der Waals surface area contributed by atoms with Crippen LogP contribution in [0.1, 0.15) is 129 Å². The average Bonchev–Trinajstić information content (AvgIpc) is 3.33. The molecular weight excluding hydrogens is 743 g/mol. The fourth-order valence-corrected chi connectivity index (χ4v) is 14.2. The highest BCUT2D eigenvalue weighted by Crippen LogP contribution is 2.64. The van der Waals surface area contributed by atoms with Gasteiger partial charge >= 0.3 is 0 Å². The van der Waals surface area contributed by atoms with Crippen LogP contribution < -0.4 is 0 Å². The molecular formula is C46H65NO11. The summed E-state index contributed by atoms with van der Waals surface area (Å²) in [7, 11) is 0. The molecule has 0 N–H and O–H groups in total. The second kappa shape index (κ2) is 13.6. The topological polar surface area (TPSA) is 113 Å². The predicted molar refractivity (Wildman–Crippen MR) is 207 cm³/mol. The third-order valence-corrected chi connectivity index (χ3v) is 17.6. The number of carbonyl (C=O) groups is 1. The number of benzene rings is 1. The van der Waals surface area contributed by atoms with E-state index in [1.807, 2.05) is 49.1 Å². The number of carbonyl (C=O) groups excluding carboxylic acids is 1. The van der Waals surface area contributed by atoms with Crippen LogP contribution in [0.2, 0.25) is 0 Å². The van der Waals surface area contributed by atoms with Crippen molar-refractivity contribution in [3.63, 3.8) is 0 Å². The lowest BCUT2D eigenvalue weighted by molar-refractivity contribution is -0.572. The SMILES string of the molecule is C[C@H]1[C@@H](CC2(C[C@H]3O[C@@H]4O[C@@]5(C)CC[C@H]6[C@H](C)CC[C@@H]([C@H]3C)[C@@]46OO5)COC3(CCN(C(=O)c4ccccc4)CC3)O2)O[C@@H]2O[C@@]3(C)CC[C@H]4[C@H](C)CC[C@@H]1[C@@]24OO3. The maximum Gasteiger partial charge on any atom is 0.253 e. The normalized spacial score (nSPS) is 52.8. The van der Waals surface area contributed by atoms with Gasteiger partial charge in [0, 0.05) is 69.0 Å². The maximum atomic E-state index is 13.5. The standard InChI is InChI=1S/C46H65NO11/c1-27-12-14-34-29(3)36(50-39-45(34)32(27)16-18-41(5,52-39)55-57-45)24-43(26-49-44(54-43)20-22-47(23-21-44)38(48)31-10-8-7-9-11-31)25-37-30(4)35-15-13-28(2)33-17-19-42(6)53-40(51-37)46(33,35)58-56-42/h7-11,27-30,32-37,39-40H,12-26H2,1-6H3/t27-,28-,29-,30-,32+,33+,34+,35+,36-,37-,39-,40-,41-,42-,45-,46-/m1/s1. The second-order valence-electron chi connectivity index (χ2n) is 20.9. The van der Waals surface area contributed by atoms with E-state index in [-0.39, 0.29) is 41.8 Å². The number of likely N-dealkylation sites (tertiary alicyclic amines) is 1. The van der Waals surface area contributed by atoms with Crippen molar-refractivity contribution in [1.82, 2.24) is 4.90 Å². The predicted octanol–water partition coefficient (Wildman–Crippen LogP) is 7.69. The molecule has 10 saturated heterocycles. The molecule has 0 radical (unpaired) electrons. The molecule has 3 spiro atoms. The lowest BCUT2D eigenvalue weighted by atomic mass is 9.56. The minimum atomic E-state index is -0.847. The molecule has 1 aromatic rings. The summed E-state index contributed by atoms with van der Waals surface area (Å²) < 4.78 is 42.6. The number of ether oxygens (including phenoxy) is 6. The Kier molecular flexibility index (Phi) is 9.21. The first-order valence-corrected chi connectivity index (χ1v) is 22.9. The van der Waals surface area contributed by atoms with E-state index in [0.717, 1.165) is 51.4 Å². The van der Waals surface area contributed by atoms with Crippen molar-refractivity contribution in [1.29, 1.82) is 0 Å². The summed E-state index contributed by atoms with van der Waals surface area (Å²) in [6, 6.07) is 9.55. The third kappa shape index (κ3) is 5.78. The number of piperidine rings is 1. The highest BCUT2D eigenvalue weighted by Gasteiger charge is 2.72. The summed E-state index contributed by atoms with van der Waals surface area (Å²) >= 11 is 0. The highest BCUT2D eigenvalue weighted by atomic mass is 17.3. The minimum Gasteiger partial charge on any atom is -0.347 e. The van der Waals surface area contributed by atoms with Gasteiger partial charge in [-0.1, -0.05) is 45.9 Å². The van der Waals surface area contributed by atoms with Crippen LogP contribution in [-0.2, 0) is 48.0 Å². The van der Waals surface area contributed by atoms with E-state index in [0.29, 0.717) is 74.6 Å². The molecule has 12 heteroatoms. The summed E-state index contributed by atoms with van der Waals surface area (Å²) in [5, 5.41) is 0. The first-order valence-electron chi connectivity index (χ1n) is 22.9. The van der Waals surface area contributed by atoms with Gasteiger partial charge in [-0.05, 0) is 100 Å². The van der Waals surface area contributed by atoms with E-state index in [1.165, 1.54) is 0 Å². The Hall–Kier alpha value is -1.71. The van der Waals surface area contributed by atoms with Crippen molar-refractivity contribution in [2.45, 2.75) is 178 Å². The fourth-order valence-electron chi connectivity index (χ4n) is 14.2. The summed E-state index contributed by atoms with van der Waals surface area (Å²) in [6.45, 7) is 14.9. The summed E-state index contributed by atoms with van der Waals surface area (Å²) in [6.07, 6.45) is 8.92. The van der Waals surface area contributed by atoms with Crippen molar-refractivity contribution in [2.75, 3.05) is 19.7 Å². The first-order chi connectivity index (χ1) is 27.8. The van der Waals surface area contributed by atoms with Gasteiger partial charge in [0.15, 0.2) is 29.6 Å². The number of hydrogen-bond acceptors (Lipinski definition) is 11. The average molecular weight is 808 g/mol. The Morgan fingerprint density at radius 1 is 0.655 bits per heavy atom. The fraction of sp³-hybridized carbons (Fsp3) is 0.848. The van der Waals surface area contributed by atoms with Gasteiger partial charge < -0.3 is 33.3 Å². The molecule has 0 aromatic heterocycles. The van der Waals surface area contributed by atoms with Crippen LogP contribution in [-0.4, -0.2) is 89.5 Å². The van der Waals surface area contributed by atoms with E-state index in [4.69, 9.17) is 48.0 Å². The smallest absolute Gasteiger partial charge is 0.253 e. The van der Waals surface area contributed by atoms with E-state index in [9.17, 15) is 4.79 Å². The zero-order valence-corrected chi connectivity index (χ0v) is 35.4. The van der Waals surface area contributed by atoms with Crippen LogP contribution in [0, 0.1) is 47.3 Å². The quantitative estimate of drug-likeness (QED) is 0.273. The van der Waals surface area contributed by atoms with Crippen molar-refractivity contribution < 1.29 is 52.8 Å². The van der Waals surface area contributed by atoms with E-state index < -0.39 is 46.7 Å². The van der Waals surface area contributed by atoms with Crippen LogP contribution in [0.4, 0.5) is 0 Å². The molecule has 58 heavy (non-hydrogen) atoms. The Labute approximate surface area is 343 Å². The number of fused-ring (bicyclic) bond motifs is 4. The Morgan fingerprint density at radius 2 is 1.17 bits per heavy atom. The molecule has 16 atom stereocenters. The van der Waals surface area contributed by atoms with Gasteiger partial charge in [-0.2, -0.15) is 0 Å². The van der Waals surface area contributed by atoms with Crippen LogP contribution in [0.25, 0.3) is 0 Å². The van der Waals surface area contributed by atoms with Crippen molar-refractivity contribution in [3.8, 4) is 0 Å². The van der Waals surface area contributed by atoms with Crippen LogP contribution in [0.15, 0.2) is 30.3 Å². The minimum absolute atomic E-state index is 0.0480. The first kappa shape index (κ1) is 39.2. The molecule has 4 bridgehead atoms. The summed E-state index contributed by atoms with van der Waals surface area (Å²) in [4.78, 5) is 40.8. The van der Waals surface area contributed by atoms with E-state index >= 15 is 0 Å². The molecule has 10 heterocycles. The Morgan fingerprint density at radius 3 is 1.69 bits per heavy atom. The maximum absolute atomic E-state index is 13.5. The van der Waals surface area contributed by atoms with Crippen molar-refractivity contribution in [3.05, 3.63) is 35.9 Å². The molecule has 10 aliphatic heterocycles. The lowest BCUT2D eigenvalue weighted by Crippen LogP contribution is -2.71. The number of nitrogens with zero attached hydrogens (tertiary/aromatic N) is 1. The number of amides is 1. The van der Waals surface area contributed by atoms with Crippen LogP contribution in [0.3, 0.4) is 0 Å². The number of rotatable bonds is 5. The molecule has 1 amide bonds. The largest absolute Gasteiger partial charge is 0.347 e. The highest BCUT2D eigenvalue weighted by molar-refractivity contribution is 5.94. The van der Waals surface area contributed by atoms with Gasteiger partial charge in [0.2, 0.25) is 11.6 Å². The summed E-state index contributed by atoms with van der Waals surface area (Å²) in [5.41, 5.74) is -1.29. The van der Waals surface area contributed by atoms with Crippen molar-refractivity contribution in [2.24, 2.45) is 47.3 Å². The molecule has 12 fully saturated rings. The monoisotopic (exact) mass is 807 g/mol. The molecule has 2 aliphatic carbocycles. The van der Waals surface area contributed by atoms with Gasteiger partial charge in [0.1, 0.15) is 0 Å². The molecule has 1 aromatic carbocycles. The molecule has 12 aliphatic rings. The van der Waals surface area contributed by atoms with Crippen LogP contribution in [0.5, 0.6) is 0 Å². The molecule has 13 rings (SSSR count). The van der Waals surface area contributed by atoms with Gasteiger partial charge in [-0.3, -0.25) is 4.79 Å². The Balaban J connectivity index is 0.905. The second-order valence-corrected chi connectivity index (χ2v) is 20.9. The molecule has 0 unspecified atom stereocenters. The van der Waals surface area contributed by atoms with E-state index in [2.05, 4.69) is 27.7 Å². The summed E-state index contributed by atoms with van der Waals surface area (Å²) in [5.74, 6) is -0.159. The van der Waals surface area contributed by atoms with Gasteiger partial charge in [-0.15, -0.1) is 0 Å². The molecule has 2 saturated carbocycles. The zero-order valence-electron chi connectivity index (χ0n) is 35.4. The van der Waals surface area contributed by atoms with Gasteiger partial charge in [0.05, 0.1) is 24.4 Å². The van der Waals surface area contributed by atoms with E-state index in [1.54, 1.807) is 0 Å². The van der Waals surface area contributed by atoms with Gasteiger partial charge in [0.25, 0.3) is 5.91 Å². The number of hydrogen-bond donors (Lipinski definition) is 0. The van der Waals surface area contributed by atoms with Gasteiger partial charge in [-0.25, -0.2) is 19.6 Å². The lowest BCUT2D eigenvalue weighted by Gasteiger charge is -2.61.